The molecule has 0 aliphatic heterocycles. The maximum Gasteiger partial charge on any atom is 0.248 e. The van der Waals surface area contributed by atoms with Gasteiger partial charge in [0.15, 0.2) is 0 Å². The molecule has 0 saturated carbocycles. The van der Waals surface area contributed by atoms with E-state index in [1.165, 1.54) is 11.1 Å². The fourth-order valence-corrected chi connectivity index (χ4v) is 4.21. The molecule has 1 aromatic heterocycles. The summed E-state index contributed by atoms with van der Waals surface area (Å²) in [6, 6.07) is 15.5. The third-order valence-corrected chi connectivity index (χ3v) is 6.00. The number of amides is 1. The van der Waals surface area contributed by atoms with Crippen LogP contribution in [-0.4, -0.2) is 27.2 Å². The summed E-state index contributed by atoms with van der Waals surface area (Å²) < 4.78 is 22.1. The van der Waals surface area contributed by atoms with E-state index >= 15 is 0 Å². The number of carbonyl (C=O) groups excluding carboxylic acids is 1. The topological polar surface area (TPSA) is 69.9 Å². The second-order valence-electron chi connectivity index (χ2n) is 8.40. The van der Waals surface area contributed by atoms with Crippen molar-refractivity contribution >= 4 is 28.1 Å². The fourth-order valence-electron chi connectivity index (χ4n) is 4.21. The largest absolute Gasteiger partial charge is 0.497 e. The van der Waals surface area contributed by atoms with Crippen molar-refractivity contribution in [3.05, 3.63) is 77.6 Å². The van der Waals surface area contributed by atoms with Gasteiger partial charge in [0, 0.05) is 34.7 Å². The van der Waals surface area contributed by atoms with Gasteiger partial charge < -0.3 is 23.9 Å². The Bertz CT molecular complexity index is 1430. The predicted molar refractivity (Wildman–Crippen MR) is 140 cm³/mol. The van der Waals surface area contributed by atoms with Gasteiger partial charge in [-0.2, -0.15) is 0 Å². The van der Waals surface area contributed by atoms with Crippen LogP contribution in [0.1, 0.15) is 23.6 Å². The SMILES string of the molecule is COc1ccc(OC)c(NC(=O)/C=C(\C)c2cc3c(-c4ccc(C)cc4C)coc3cc2OC)c1. The second kappa shape index (κ2) is 9.97. The summed E-state index contributed by atoms with van der Waals surface area (Å²) in [5.41, 5.74) is 7.28. The van der Waals surface area contributed by atoms with Gasteiger partial charge in [0.1, 0.15) is 22.8 Å². The van der Waals surface area contributed by atoms with E-state index in [2.05, 4.69) is 37.4 Å². The quantitative estimate of drug-likeness (QED) is 0.301. The van der Waals surface area contributed by atoms with E-state index in [0.29, 0.717) is 22.9 Å². The number of nitrogens with one attached hydrogen (secondary N) is 1. The number of anilines is 1. The van der Waals surface area contributed by atoms with Gasteiger partial charge >= 0.3 is 0 Å². The third-order valence-electron chi connectivity index (χ3n) is 6.00. The average molecular weight is 472 g/mol. The summed E-state index contributed by atoms with van der Waals surface area (Å²) in [7, 11) is 4.73. The number of ether oxygens (including phenoxy) is 3. The van der Waals surface area contributed by atoms with Crippen molar-refractivity contribution in [3.63, 3.8) is 0 Å². The molecule has 0 bridgehead atoms. The van der Waals surface area contributed by atoms with Crippen molar-refractivity contribution in [2.75, 3.05) is 26.6 Å². The molecule has 180 valence electrons. The molecule has 35 heavy (non-hydrogen) atoms. The van der Waals surface area contributed by atoms with Crippen LogP contribution in [0.3, 0.4) is 0 Å². The molecule has 6 heteroatoms. The summed E-state index contributed by atoms with van der Waals surface area (Å²) in [6.45, 7) is 6.05. The Balaban J connectivity index is 1.72. The number of hydrogen-bond acceptors (Lipinski definition) is 5. The number of benzene rings is 3. The molecule has 3 aromatic carbocycles. The highest BCUT2D eigenvalue weighted by Gasteiger charge is 2.16. The molecule has 1 heterocycles. The molecule has 0 atom stereocenters. The van der Waals surface area contributed by atoms with Gasteiger partial charge in [0.2, 0.25) is 5.91 Å². The van der Waals surface area contributed by atoms with Crippen molar-refractivity contribution in [3.8, 4) is 28.4 Å². The zero-order chi connectivity index (χ0) is 25.1. The Morgan fingerprint density at radius 2 is 1.66 bits per heavy atom. The summed E-state index contributed by atoms with van der Waals surface area (Å²) in [4.78, 5) is 12.9. The van der Waals surface area contributed by atoms with Crippen molar-refractivity contribution in [2.45, 2.75) is 20.8 Å². The summed E-state index contributed by atoms with van der Waals surface area (Å²) in [5.74, 6) is 1.49. The number of carbonyl (C=O) groups is 1. The molecule has 0 aliphatic rings. The first-order valence-electron chi connectivity index (χ1n) is 11.2. The minimum Gasteiger partial charge on any atom is -0.497 e. The van der Waals surface area contributed by atoms with Crippen molar-refractivity contribution in [1.82, 2.24) is 0 Å². The van der Waals surface area contributed by atoms with Crippen LogP contribution < -0.4 is 19.5 Å². The Morgan fingerprint density at radius 3 is 2.34 bits per heavy atom. The smallest absolute Gasteiger partial charge is 0.248 e. The number of methoxy groups -OCH3 is 3. The molecule has 0 aliphatic carbocycles. The maximum atomic E-state index is 12.9. The van der Waals surface area contributed by atoms with E-state index in [1.807, 2.05) is 19.1 Å². The molecule has 1 amide bonds. The van der Waals surface area contributed by atoms with Gasteiger partial charge in [-0.1, -0.05) is 23.8 Å². The van der Waals surface area contributed by atoms with Crippen molar-refractivity contribution < 1.29 is 23.4 Å². The van der Waals surface area contributed by atoms with E-state index in [1.54, 1.807) is 51.9 Å². The van der Waals surface area contributed by atoms with Gasteiger partial charge in [-0.25, -0.2) is 0 Å². The lowest BCUT2D eigenvalue weighted by atomic mass is 9.96. The first kappa shape index (κ1) is 24.0. The zero-order valence-corrected chi connectivity index (χ0v) is 20.8. The van der Waals surface area contributed by atoms with E-state index in [-0.39, 0.29) is 5.91 Å². The Labute approximate surface area is 205 Å². The summed E-state index contributed by atoms with van der Waals surface area (Å²) in [5, 5.41) is 3.83. The molecule has 0 spiro atoms. The molecule has 0 saturated heterocycles. The van der Waals surface area contributed by atoms with Gasteiger partial charge in [0.25, 0.3) is 0 Å². The monoisotopic (exact) mass is 471 g/mol. The highest BCUT2D eigenvalue weighted by Crippen LogP contribution is 2.38. The highest BCUT2D eigenvalue weighted by molar-refractivity contribution is 6.06. The standard InChI is InChI=1S/C29H29NO5/c1-17-7-9-21(18(2)11-17)24-16-35-28-15-27(34-6)22(14-23(24)28)19(3)12-29(31)30-25-13-20(32-4)8-10-26(25)33-5/h7-16H,1-6H3,(H,30,31)/b19-12+. The molecule has 0 fully saturated rings. The van der Waals surface area contributed by atoms with Crippen LogP contribution in [0.15, 0.2) is 65.3 Å². The minimum absolute atomic E-state index is 0.294. The van der Waals surface area contributed by atoms with Crippen LogP contribution in [0.5, 0.6) is 17.2 Å². The number of aryl methyl sites for hydroxylation is 2. The lowest BCUT2D eigenvalue weighted by Crippen LogP contribution is -2.10. The number of furan rings is 1. The van der Waals surface area contributed by atoms with Gasteiger partial charge in [-0.05, 0) is 55.7 Å². The highest BCUT2D eigenvalue weighted by atomic mass is 16.5. The minimum atomic E-state index is -0.294. The van der Waals surface area contributed by atoms with E-state index in [4.69, 9.17) is 18.6 Å². The number of rotatable bonds is 7. The van der Waals surface area contributed by atoms with Crippen LogP contribution in [0.2, 0.25) is 0 Å². The molecular formula is C29H29NO5. The summed E-state index contributed by atoms with van der Waals surface area (Å²) in [6.07, 6.45) is 3.31. The van der Waals surface area contributed by atoms with Crippen LogP contribution in [-0.2, 0) is 4.79 Å². The Morgan fingerprint density at radius 1 is 0.886 bits per heavy atom. The average Bonchev–Trinajstić information content (AvgIpc) is 3.25. The van der Waals surface area contributed by atoms with E-state index in [9.17, 15) is 4.79 Å². The number of fused-ring (bicyclic) bond motifs is 1. The normalized spacial score (nSPS) is 11.4. The van der Waals surface area contributed by atoms with E-state index < -0.39 is 0 Å². The molecule has 0 radical (unpaired) electrons. The first-order chi connectivity index (χ1) is 16.8. The van der Waals surface area contributed by atoms with Gasteiger partial charge in [0.05, 0.1) is 33.3 Å². The lowest BCUT2D eigenvalue weighted by molar-refractivity contribution is -0.111. The van der Waals surface area contributed by atoms with Crippen LogP contribution >= 0.6 is 0 Å². The van der Waals surface area contributed by atoms with Crippen LogP contribution in [0.4, 0.5) is 5.69 Å². The van der Waals surface area contributed by atoms with Gasteiger partial charge in [-0.15, -0.1) is 0 Å². The third kappa shape index (κ3) is 4.87. The molecule has 6 nitrogen and oxygen atoms in total. The zero-order valence-electron chi connectivity index (χ0n) is 20.8. The van der Waals surface area contributed by atoms with Crippen molar-refractivity contribution in [2.24, 2.45) is 0 Å². The Kier molecular flexibility index (Phi) is 6.82. The molecule has 4 rings (SSSR count). The fraction of sp³-hybridized carbons (Fsp3) is 0.207. The molecule has 0 unspecified atom stereocenters. The van der Waals surface area contributed by atoms with Crippen LogP contribution in [0, 0.1) is 13.8 Å². The molecular weight excluding hydrogens is 442 g/mol. The summed E-state index contributed by atoms with van der Waals surface area (Å²) >= 11 is 0. The van der Waals surface area contributed by atoms with Gasteiger partial charge in [-0.3, -0.25) is 4.79 Å². The van der Waals surface area contributed by atoms with E-state index in [0.717, 1.165) is 33.2 Å². The molecule has 4 aromatic rings. The first-order valence-corrected chi connectivity index (χ1v) is 11.2. The number of hydrogen-bond donors (Lipinski definition) is 1. The maximum absolute atomic E-state index is 12.9. The molecule has 1 N–H and O–H groups in total. The Hall–Kier alpha value is -4.19. The van der Waals surface area contributed by atoms with Crippen molar-refractivity contribution in [1.29, 1.82) is 0 Å². The predicted octanol–water partition coefficient (Wildman–Crippen LogP) is 6.78. The lowest BCUT2D eigenvalue weighted by Gasteiger charge is -2.12. The van der Waals surface area contributed by atoms with Crippen LogP contribution in [0.25, 0.3) is 27.7 Å². The second-order valence-corrected chi connectivity index (χ2v) is 8.40. The number of allylic oxidation sites excluding steroid dienone is 1.